The van der Waals surface area contributed by atoms with Crippen molar-refractivity contribution in [2.24, 2.45) is 0 Å². The van der Waals surface area contributed by atoms with Crippen molar-refractivity contribution in [1.82, 2.24) is 9.88 Å². The number of carbonyl (C=O) groups excluding carboxylic acids is 1. The summed E-state index contributed by atoms with van der Waals surface area (Å²) in [5.41, 5.74) is 2.64. The second kappa shape index (κ2) is 5.51. The number of aliphatic hydroxyl groups is 1. The SMILES string of the molecule is O=C(NCc1ccc(CO)cc1)c1cccn1C1CC1. The van der Waals surface area contributed by atoms with Crippen molar-refractivity contribution in [3.63, 3.8) is 0 Å². The van der Waals surface area contributed by atoms with E-state index >= 15 is 0 Å². The Hall–Kier alpha value is -2.07. The highest BCUT2D eigenvalue weighted by Gasteiger charge is 2.26. The molecule has 0 unspecified atom stereocenters. The van der Waals surface area contributed by atoms with E-state index in [-0.39, 0.29) is 12.5 Å². The van der Waals surface area contributed by atoms with Gasteiger partial charge in [0.2, 0.25) is 0 Å². The lowest BCUT2D eigenvalue weighted by Crippen LogP contribution is -2.25. The zero-order valence-corrected chi connectivity index (χ0v) is 11.2. The molecule has 1 saturated carbocycles. The minimum Gasteiger partial charge on any atom is -0.392 e. The summed E-state index contributed by atoms with van der Waals surface area (Å²) in [6.07, 6.45) is 4.30. The fraction of sp³-hybridized carbons (Fsp3) is 0.312. The van der Waals surface area contributed by atoms with Gasteiger partial charge in [0.15, 0.2) is 0 Å². The maximum absolute atomic E-state index is 12.2. The van der Waals surface area contributed by atoms with Crippen LogP contribution in [0.15, 0.2) is 42.6 Å². The van der Waals surface area contributed by atoms with E-state index in [1.54, 1.807) is 0 Å². The maximum Gasteiger partial charge on any atom is 0.268 e. The van der Waals surface area contributed by atoms with Crippen molar-refractivity contribution in [2.75, 3.05) is 0 Å². The second-order valence-electron chi connectivity index (χ2n) is 5.19. The molecule has 1 aliphatic carbocycles. The van der Waals surface area contributed by atoms with Gasteiger partial charge in [0.05, 0.1) is 6.61 Å². The first-order valence-electron chi connectivity index (χ1n) is 6.91. The minimum atomic E-state index is -0.0341. The Morgan fingerprint density at radius 1 is 1.20 bits per heavy atom. The highest BCUT2D eigenvalue weighted by atomic mass is 16.3. The molecular weight excluding hydrogens is 252 g/mol. The summed E-state index contributed by atoms with van der Waals surface area (Å²) in [5.74, 6) is -0.0341. The number of carbonyl (C=O) groups is 1. The summed E-state index contributed by atoms with van der Waals surface area (Å²) in [7, 11) is 0. The van der Waals surface area contributed by atoms with E-state index in [2.05, 4.69) is 9.88 Å². The summed E-state index contributed by atoms with van der Waals surface area (Å²) in [5, 5.41) is 11.9. The monoisotopic (exact) mass is 270 g/mol. The van der Waals surface area contributed by atoms with Gasteiger partial charge in [0.1, 0.15) is 5.69 Å². The van der Waals surface area contributed by atoms with Gasteiger partial charge in [-0.25, -0.2) is 0 Å². The van der Waals surface area contributed by atoms with E-state index in [1.165, 1.54) is 0 Å². The Morgan fingerprint density at radius 3 is 2.55 bits per heavy atom. The molecule has 3 rings (SSSR count). The Bertz CT molecular complexity index is 597. The number of nitrogens with one attached hydrogen (secondary N) is 1. The fourth-order valence-electron chi connectivity index (χ4n) is 2.29. The average Bonchev–Trinajstić information content (AvgIpc) is 3.22. The van der Waals surface area contributed by atoms with Crippen molar-refractivity contribution in [3.8, 4) is 0 Å². The topological polar surface area (TPSA) is 54.3 Å². The maximum atomic E-state index is 12.2. The lowest BCUT2D eigenvalue weighted by atomic mass is 10.1. The lowest BCUT2D eigenvalue weighted by molar-refractivity contribution is 0.0941. The van der Waals surface area contributed by atoms with Crippen LogP contribution in [0, 0.1) is 0 Å². The Labute approximate surface area is 118 Å². The van der Waals surface area contributed by atoms with Crippen molar-refractivity contribution < 1.29 is 9.90 Å². The zero-order chi connectivity index (χ0) is 13.9. The zero-order valence-electron chi connectivity index (χ0n) is 11.2. The summed E-state index contributed by atoms with van der Waals surface area (Å²) < 4.78 is 2.06. The summed E-state index contributed by atoms with van der Waals surface area (Å²) in [4.78, 5) is 12.2. The molecule has 20 heavy (non-hydrogen) atoms. The van der Waals surface area contributed by atoms with Gasteiger partial charge in [-0.2, -0.15) is 0 Å². The van der Waals surface area contributed by atoms with Crippen LogP contribution in [0.2, 0.25) is 0 Å². The van der Waals surface area contributed by atoms with Gasteiger partial charge in [0.25, 0.3) is 5.91 Å². The lowest BCUT2D eigenvalue weighted by Gasteiger charge is -2.09. The number of hydrogen-bond acceptors (Lipinski definition) is 2. The smallest absolute Gasteiger partial charge is 0.268 e. The molecule has 1 heterocycles. The first-order chi connectivity index (χ1) is 9.78. The molecule has 0 spiro atoms. The van der Waals surface area contributed by atoms with Gasteiger partial charge >= 0.3 is 0 Å². The van der Waals surface area contributed by atoms with Crippen LogP contribution in [0.5, 0.6) is 0 Å². The standard InChI is InChI=1S/C16H18N2O2/c19-11-13-5-3-12(4-6-13)10-17-16(20)15-2-1-9-18(15)14-7-8-14/h1-6,9,14,19H,7-8,10-11H2,(H,17,20). The quantitative estimate of drug-likeness (QED) is 0.875. The van der Waals surface area contributed by atoms with Crippen LogP contribution in [-0.4, -0.2) is 15.6 Å². The molecule has 2 aromatic rings. The molecule has 0 bridgehead atoms. The van der Waals surface area contributed by atoms with Crippen LogP contribution in [0.1, 0.15) is 40.5 Å². The molecule has 1 aromatic carbocycles. The molecule has 0 radical (unpaired) electrons. The first-order valence-corrected chi connectivity index (χ1v) is 6.91. The van der Waals surface area contributed by atoms with Gasteiger partial charge in [-0.15, -0.1) is 0 Å². The number of amides is 1. The third-order valence-corrected chi connectivity index (χ3v) is 3.61. The number of rotatable bonds is 5. The largest absolute Gasteiger partial charge is 0.392 e. The van der Waals surface area contributed by atoms with Crippen molar-refractivity contribution in [2.45, 2.75) is 32.0 Å². The van der Waals surface area contributed by atoms with Crippen molar-refractivity contribution in [1.29, 1.82) is 0 Å². The number of benzene rings is 1. The highest BCUT2D eigenvalue weighted by Crippen LogP contribution is 2.35. The molecule has 4 nitrogen and oxygen atoms in total. The number of aliphatic hydroxyl groups excluding tert-OH is 1. The molecule has 2 N–H and O–H groups in total. The Kier molecular flexibility index (Phi) is 3.56. The second-order valence-corrected chi connectivity index (χ2v) is 5.19. The molecule has 1 aromatic heterocycles. The predicted octanol–water partition coefficient (Wildman–Crippen LogP) is 2.25. The first kappa shape index (κ1) is 12.9. The van der Waals surface area contributed by atoms with Crippen LogP contribution in [0.25, 0.3) is 0 Å². The van der Waals surface area contributed by atoms with Gasteiger partial charge in [0, 0.05) is 18.8 Å². The summed E-state index contributed by atoms with van der Waals surface area (Å²) >= 11 is 0. The van der Waals surface area contributed by atoms with Crippen LogP contribution < -0.4 is 5.32 Å². The van der Waals surface area contributed by atoms with Gasteiger partial charge in [-0.05, 0) is 36.1 Å². The third kappa shape index (κ3) is 2.75. The fourth-order valence-corrected chi connectivity index (χ4v) is 2.29. The third-order valence-electron chi connectivity index (χ3n) is 3.61. The van der Waals surface area contributed by atoms with Gasteiger partial charge in [-0.1, -0.05) is 24.3 Å². The number of aromatic nitrogens is 1. The Balaban J connectivity index is 1.62. The van der Waals surface area contributed by atoms with Gasteiger partial charge < -0.3 is 15.0 Å². The molecule has 0 atom stereocenters. The van der Waals surface area contributed by atoms with E-state index < -0.39 is 0 Å². The minimum absolute atomic E-state index is 0.0341. The van der Waals surface area contributed by atoms with E-state index in [9.17, 15) is 4.79 Å². The molecule has 1 amide bonds. The van der Waals surface area contributed by atoms with Crippen LogP contribution in [0.4, 0.5) is 0 Å². The molecule has 0 saturated heterocycles. The highest BCUT2D eigenvalue weighted by molar-refractivity contribution is 5.92. The Morgan fingerprint density at radius 2 is 1.90 bits per heavy atom. The predicted molar refractivity (Wildman–Crippen MR) is 76.2 cm³/mol. The van der Waals surface area contributed by atoms with E-state index in [0.29, 0.717) is 12.6 Å². The molecule has 1 aliphatic rings. The number of nitrogens with zero attached hydrogens (tertiary/aromatic N) is 1. The molecule has 1 fully saturated rings. The summed E-state index contributed by atoms with van der Waals surface area (Å²) in [6, 6.07) is 11.9. The molecule has 104 valence electrons. The van der Waals surface area contributed by atoms with Crippen LogP contribution in [-0.2, 0) is 13.2 Å². The van der Waals surface area contributed by atoms with Crippen LogP contribution >= 0.6 is 0 Å². The average molecular weight is 270 g/mol. The summed E-state index contributed by atoms with van der Waals surface area (Å²) in [6.45, 7) is 0.544. The molecule has 4 heteroatoms. The van der Waals surface area contributed by atoms with E-state index in [0.717, 1.165) is 29.7 Å². The number of hydrogen-bond donors (Lipinski definition) is 2. The molecule has 0 aliphatic heterocycles. The van der Waals surface area contributed by atoms with Crippen molar-refractivity contribution >= 4 is 5.91 Å². The van der Waals surface area contributed by atoms with Crippen molar-refractivity contribution in [3.05, 3.63) is 59.4 Å². The van der Waals surface area contributed by atoms with Gasteiger partial charge in [-0.3, -0.25) is 4.79 Å². The van der Waals surface area contributed by atoms with E-state index in [4.69, 9.17) is 5.11 Å². The normalized spacial score (nSPS) is 14.2. The van der Waals surface area contributed by atoms with Crippen LogP contribution in [0.3, 0.4) is 0 Å². The van der Waals surface area contributed by atoms with E-state index in [1.807, 2.05) is 42.6 Å². The molecular formula is C16H18N2O2.